The van der Waals surface area contributed by atoms with Crippen LogP contribution < -0.4 is 16.0 Å². The monoisotopic (exact) mass is 652 g/mol. The number of carboxylic acid groups (broad SMARTS) is 2. The number of fused-ring (bicyclic) bond motifs is 1. The van der Waals surface area contributed by atoms with Crippen molar-refractivity contribution < 1.29 is 37.8 Å². The summed E-state index contributed by atoms with van der Waals surface area (Å²) in [5.41, 5.74) is 2.08. The van der Waals surface area contributed by atoms with Gasteiger partial charge >= 0.3 is 18.1 Å². The van der Waals surface area contributed by atoms with Crippen molar-refractivity contribution in [3.63, 3.8) is 0 Å². The number of benzene rings is 1. The molecule has 0 aliphatic rings. The summed E-state index contributed by atoms with van der Waals surface area (Å²) < 4.78 is 33.2. The van der Waals surface area contributed by atoms with E-state index in [2.05, 4.69) is 31.0 Å². The van der Waals surface area contributed by atoms with E-state index in [1.807, 2.05) is 6.07 Å². The Hall–Kier alpha value is -5.14. The highest BCUT2D eigenvalue weighted by Crippen LogP contribution is 2.31. The predicted molar refractivity (Wildman–Crippen MR) is 153 cm³/mol. The second kappa shape index (κ2) is 14.4. The van der Waals surface area contributed by atoms with E-state index in [9.17, 15) is 22.8 Å². The number of hydrogen-bond donors (Lipinski definition) is 5. The van der Waals surface area contributed by atoms with Crippen LogP contribution in [0.25, 0.3) is 16.8 Å². The third kappa shape index (κ3) is 8.93. The van der Waals surface area contributed by atoms with E-state index < -0.39 is 30.1 Å². The summed E-state index contributed by atoms with van der Waals surface area (Å²) in [4.78, 5) is 41.5. The van der Waals surface area contributed by atoms with Crippen LogP contribution in [0, 0.1) is 11.3 Å². The molecule has 1 aromatic carbocycles. The van der Waals surface area contributed by atoms with Gasteiger partial charge in [-0.05, 0) is 37.3 Å². The van der Waals surface area contributed by atoms with Gasteiger partial charge in [-0.25, -0.2) is 19.3 Å². The molecule has 4 aromatic rings. The maximum Gasteiger partial charge on any atom is 0.490 e. The zero-order valence-electron chi connectivity index (χ0n) is 22.4. The molecule has 0 fully saturated rings. The van der Waals surface area contributed by atoms with Crippen molar-refractivity contribution in [2.75, 3.05) is 23.7 Å². The zero-order valence-corrected chi connectivity index (χ0v) is 23.9. The first-order valence-electron chi connectivity index (χ1n) is 12.2. The molecule has 3 aromatic heterocycles. The number of rotatable bonds is 9. The number of aliphatic carboxylic acids is 2. The number of hydrogen-bond acceptors (Lipinski definition) is 9. The molecule has 0 saturated carbocycles. The zero-order chi connectivity index (χ0) is 32.6. The van der Waals surface area contributed by atoms with Crippen LogP contribution in [0.4, 0.5) is 24.8 Å². The third-order valence-corrected chi connectivity index (χ3v) is 6.02. The Labute approximate surface area is 256 Å². The Morgan fingerprint density at radius 2 is 1.77 bits per heavy atom. The highest BCUT2D eigenvalue weighted by Gasteiger charge is 2.38. The molecule has 230 valence electrons. The maximum absolute atomic E-state index is 12.6. The second-order valence-corrected chi connectivity index (χ2v) is 9.54. The van der Waals surface area contributed by atoms with Crippen molar-refractivity contribution in [3.05, 3.63) is 70.1 Å². The summed E-state index contributed by atoms with van der Waals surface area (Å²) in [7, 11) is 0. The number of anilines is 2. The minimum absolute atomic E-state index is 0.0252. The maximum atomic E-state index is 12.6. The Balaban J connectivity index is 0.000000676. The molecule has 0 radical (unpaired) electrons. The van der Waals surface area contributed by atoms with Gasteiger partial charge in [0.2, 0.25) is 0 Å². The third-order valence-electron chi connectivity index (χ3n) is 5.47. The minimum atomic E-state index is -5.08. The van der Waals surface area contributed by atoms with Crippen molar-refractivity contribution in [1.82, 2.24) is 24.9 Å². The van der Waals surface area contributed by atoms with Gasteiger partial charge in [0.25, 0.3) is 5.91 Å². The minimum Gasteiger partial charge on any atom is -0.480 e. The molecule has 13 nitrogen and oxygen atoms in total. The van der Waals surface area contributed by atoms with Crippen LogP contribution in [0.5, 0.6) is 0 Å². The Morgan fingerprint density at radius 3 is 2.34 bits per heavy atom. The van der Waals surface area contributed by atoms with Crippen molar-refractivity contribution in [2.24, 2.45) is 0 Å². The SMILES string of the molecule is C[C@H](NC(=O)c1cc2c(NCCNc3ccc(C#N)cn3)nc(-c3ccc(Cl)cc3Cl)cn2n1)C(=O)O.O=C(O)C(F)(F)F. The number of nitrogens with one attached hydrogen (secondary N) is 3. The van der Waals surface area contributed by atoms with Gasteiger partial charge in [-0.15, -0.1) is 0 Å². The number of pyridine rings is 1. The Kier molecular flexibility index (Phi) is 10.9. The van der Waals surface area contributed by atoms with Gasteiger partial charge in [0.05, 0.1) is 22.5 Å². The molecule has 0 bridgehead atoms. The molecule has 0 spiro atoms. The number of amides is 1. The topological polar surface area (TPSA) is 195 Å². The summed E-state index contributed by atoms with van der Waals surface area (Å²) in [6, 6.07) is 10.8. The molecule has 0 aliphatic heterocycles. The quantitative estimate of drug-likeness (QED) is 0.161. The van der Waals surface area contributed by atoms with E-state index in [-0.39, 0.29) is 5.69 Å². The number of aromatic nitrogens is 4. The average molecular weight is 653 g/mol. The number of carbonyl (C=O) groups is 3. The summed E-state index contributed by atoms with van der Waals surface area (Å²) in [6.07, 6.45) is -1.99. The lowest BCUT2D eigenvalue weighted by Gasteiger charge is -2.12. The highest BCUT2D eigenvalue weighted by atomic mass is 35.5. The number of halogens is 5. The predicted octanol–water partition coefficient (Wildman–Crippen LogP) is 4.33. The molecule has 4 rings (SSSR count). The molecule has 18 heteroatoms. The first-order chi connectivity index (χ1) is 20.7. The number of carbonyl (C=O) groups excluding carboxylic acids is 1. The fourth-order valence-corrected chi connectivity index (χ4v) is 3.83. The molecule has 0 saturated heterocycles. The van der Waals surface area contributed by atoms with Crippen LogP contribution in [0.1, 0.15) is 23.0 Å². The van der Waals surface area contributed by atoms with E-state index in [0.29, 0.717) is 57.1 Å². The summed E-state index contributed by atoms with van der Waals surface area (Å²) in [5, 5.41) is 39.0. The molecule has 1 atom stereocenters. The van der Waals surface area contributed by atoms with Gasteiger partial charge in [-0.2, -0.15) is 23.5 Å². The molecule has 44 heavy (non-hydrogen) atoms. The van der Waals surface area contributed by atoms with Crippen molar-refractivity contribution in [3.8, 4) is 17.3 Å². The lowest BCUT2D eigenvalue weighted by atomic mass is 10.1. The van der Waals surface area contributed by atoms with Gasteiger partial charge in [0.1, 0.15) is 23.4 Å². The van der Waals surface area contributed by atoms with E-state index >= 15 is 0 Å². The van der Waals surface area contributed by atoms with E-state index in [1.165, 1.54) is 23.7 Å². The second-order valence-electron chi connectivity index (χ2n) is 8.69. The van der Waals surface area contributed by atoms with Crippen LogP contribution >= 0.6 is 23.2 Å². The fourth-order valence-electron chi connectivity index (χ4n) is 3.33. The summed E-state index contributed by atoms with van der Waals surface area (Å²) in [5.74, 6) is -3.52. The molecule has 3 heterocycles. The normalized spacial score (nSPS) is 11.5. The first-order valence-corrected chi connectivity index (χ1v) is 13.0. The highest BCUT2D eigenvalue weighted by molar-refractivity contribution is 6.36. The summed E-state index contributed by atoms with van der Waals surface area (Å²) in [6.45, 7) is 2.25. The Bertz CT molecular complexity index is 1730. The van der Waals surface area contributed by atoms with Gasteiger partial charge in [0, 0.05) is 35.9 Å². The largest absolute Gasteiger partial charge is 0.490 e. The van der Waals surface area contributed by atoms with Gasteiger partial charge in [0.15, 0.2) is 11.5 Å². The molecular weight excluding hydrogens is 632 g/mol. The number of carboxylic acids is 2. The van der Waals surface area contributed by atoms with E-state index in [0.717, 1.165) is 0 Å². The molecular formula is C26H21Cl2F3N8O5. The fraction of sp³-hybridized carbons (Fsp3) is 0.192. The van der Waals surface area contributed by atoms with Crippen LogP contribution in [-0.4, -0.2) is 72.9 Å². The summed E-state index contributed by atoms with van der Waals surface area (Å²) >= 11 is 12.4. The van der Waals surface area contributed by atoms with Crippen molar-refractivity contribution >= 4 is 58.2 Å². The van der Waals surface area contributed by atoms with E-state index in [1.54, 1.807) is 36.5 Å². The average Bonchev–Trinajstić information content (AvgIpc) is 3.40. The van der Waals surface area contributed by atoms with Gasteiger partial charge in [-0.3, -0.25) is 9.59 Å². The molecule has 0 aliphatic carbocycles. The van der Waals surface area contributed by atoms with Gasteiger partial charge in [-0.1, -0.05) is 23.2 Å². The number of alkyl halides is 3. The first kappa shape index (κ1) is 33.4. The van der Waals surface area contributed by atoms with Crippen molar-refractivity contribution in [1.29, 1.82) is 5.26 Å². The molecule has 1 amide bonds. The van der Waals surface area contributed by atoms with Gasteiger partial charge < -0.3 is 26.2 Å². The Morgan fingerprint density at radius 1 is 1.09 bits per heavy atom. The van der Waals surface area contributed by atoms with Crippen LogP contribution in [0.2, 0.25) is 10.0 Å². The molecule has 5 N–H and O–H groups in total. The smallest absolute Gasteiger partial charge is 0.480 e. The van der Waals surface area contributed by atoms with Crippen LogP contribution in [0.15, 0.2) is 48.8 Å². The number of nitrogens with zero attached hydrogens (tertiary/aromatic N) is 5. The van der Waals surface area contributed by atoms with Crippen molar-refractivity contribution in [2.45, 2.75) is 19.1 Å². The lowest BCUT2D eigenvalue weighted by molar-refractivity contribution is -0.192. The van der Waals surface area contributed by atoms with Crippen LogP contribution in [0.3, 0.4) is 0 Å². The number of nitriles is 1. The van der Waals surface area contributed by atoms with E-state index in [4.69, 9.17) is 43.5 Å². The lowest BCUT2D eigenvalue weighted by Crippen LogP contribution is -2.38. The molecule has 0 unspecified atom stereocenters. The van der Waals surface area contributed by atoms with Crippen LogP contribution in [-0.2, 0) is 9.59 Å². The standard InChI is InChI=1S/C24H20Cl2N8O3.C2HF3O2/c1-13(24(36)37)31-23(35)18-9-20-22(29-7-6-28-21-5-2-14(10-27)11-30-21)32-19(12-34(20)33-18)16-4-3-15(25)8-17(16)26;3-2(4,5)1(6)7/h2-5,8-9,11-13H,6-7H2,1H3,(H,28,30)(H,29,32)(H,31,35)(H,36,37);(H,6,7)/t13-;/m0./s1.